The molecule has 2 nitrogen and oxygen atoms in total. The van der Waals surface area contributed by atoms with Crippen LogP contribution in [0.15, 0.2) is 48.5 Å². The molecule has 0 saturated heterocycles. The Kier molecular flexibility index (Phi) is 5.13. The molecule has 0 radical (unpaired) electrons. The van der Waals surface area contributed by atoms with Crippen LogP contribution in [0.1, 0.15) is 11.1 Å². The molecule has 3 heteroatoms. The third-order valence-electron chi connectivity index (χ3n) is 3.44. The average molecular weight is 272 g/mol. The number of nitrogens with two attached hydrogens (primary N) is 1. The summed E-state index contributed by atoms with van der Waals surface area (Å²) >= 11 is 0. The Balaban J connectivity index is 2.10. The molecular weight excluding hydrogens is 251 g/mol. The lowest BCUT2D eigenvalue weighted by molar-refractivity contribution is 0.619. The van der Waals surface area contributed by atoms with Gasteiger partial charge in [-0.15, -0.1) is 0 Å². The third kappa shape index (κ3) is 3.58. The molecular formula is C17H21FN2. The van der Waals surface area contributed by atoms with E-state index in [0.717, 1.165) is 18.5 Å². The van der Waals surface area contributed by atoms with Crippen LogP contribution >= 0.6 is 0 Å². The lowest BCUT2D eigenvalue weighted by Crippen LogP contribution is -2.23. The lowest BCUT2D eigenvalue weighted by atomic mass is 10.1. The number of likely N-dealkylation sites (N-methyl/N-ethyl adjacent to an activating group) is 1. The minimum Gasteiger partial charge on any atom is -0.372 e. The van der Waals surface area contributed by atoms with Crippen molar-refractivity contribution in [2.24, 2.45) is 5.73 Å². The van der Waals surface area contributed by atoms with Crippen LogP contribution in [0.2, 0.25) is 0 Å². The molecule has 2 aromatic carbocycles. The summed E-state index contributed by atoms with van der Waals surface area (Å²) < 4.78 is 14.1. The Bertz CT molecular complexity index is 540. The third-order valence-corrected chi connectivity index (χ3v) is 3.44. The highest BCUT2D eigenvalue weighted by atomic mass is 19.1. The van der Waals surface area contributed by atoms with E-state index in [2.05, 4.69) is 12.1 Å². The predicted octanol–water partition coefficient (Wildman–Crippen LogP) is 3.01. The van der Waals surface area contributed by atoms with Crippen LogP contribution in [0.3, 0.4) is 0 Å². The van der Waals surface area contributed by atoms with Gasteiger partial charge in [-0.2, -0.15) is 0 Å². The van der Waals surface area contributed by atoms with E-state index in [1.54, 1.807) is 6.07 Å². The zero-order valence-electron chi connectivity index (χ0n) is 11.8. The smallest absolute Gasteiger partial charge is 0.146 e. The highest BCUT2D eigenvalue weighted by Crippen LogP contribution is 2.24. The molecule has 0 amide bonds. The van der Waals surface area contributed by atoms with Gasteiger partial charge in [0.15, 0.2) is 0 Å². The Labute approximate surface area is 120 Å². The van der Waals surface area contributed by atoms with Gasteiger partial charge >= 0.3 is 0 Å². The average Bonchev–Trinajstić information content (AvgIpc) is 2.46. The van der Waals surface area contributed by atoms with Gasteiger partial charge in [0, 0.05) is 13.6 Å². The summed E-state index contributed by atoms with van der Waals surface area (Å²) in [6.45, 7) is 1.31. The molecule has 0 aliphatic rings. The summed E-state index contributed by atoms with van der Waals surface area (Å²) in [4.78, 5) is 1.98. The minimum atomic E-state index is -0.175. The molecule has 0 aliphatic heterocycles. The van der Waals surface area contributed by atoms with Gasteiger partial charge in [0.2, 0.25) is 0 Å². The van der Waals surface area contributed by atoms with Gasteiger partial charge < -0.3 is 10.6 Å². The summed E-state index contributed by atoms with van der Waals surface area (Å²) in [6, 6.07) is 15.4. The zero-order chi connectivity index (χ0) is 14.4. The molecule has 106 valence electrons. The largest absolute Gasteiger partial charge is 0.372 e. The number of nitrogens with zero attached hydrogens (tertiary/aromatic N) is 1. The Morgan fingerprint density at radius 3 is 2.45 bits per heavy atom. The molecule has 0 aromatic heterocycles. The Hall–Kier alpha value is -1.87. The summed E-state index contributed by atoms with van der Waals surface area (Å²) in [7, 11) is 1.93. The monoisotopic (exact) mass is 272 g/mol. The van der Waals surface area contributed by atoms with Crippen LogP contribution in [0.25, 0.3) is 0 Å². The second-order valence-electron chi connectivity index (χ2n) is 4.94. The van der Waals surface area contributed by atoms with Crippen molar-refractivity contribution in [3.05, 3.63) is 65.5 Å². The SMILES string of the molecule is CN(CCc1ccccc1)c1c(F)cccc1CCN. The van der Waals surface area contributed by atoms with E-state index in [-0.39, 0.29) is 5.82 Å². The van der Waals surface area contributed by atoms with E-state index in [9.17, 15) is 4.39 Å². The normalized spacial score (nSPS) is 10.6. The maximum atomic E-state index is 14.1. The lowest BCUT2D eigenvalue weighted by Gasteiger charge is -2.23. The number of anilines is 1. The molecule has 2 N–H and O–H groups in total. The molecule has 0 bridgehead atoms. The first kappa shape index (κ1) is 14.5. The molecule has 2 aromatic rings. The van der Waals surface area contributed by atoms with Crippen molar-refractivity contribution in [3.63, 3.8) is 0 Å². The van der Waals surface area contributed by atoms with Crippen molar-refractivity contribution < 1.29 is 4.39 Å². The van der Waals surface area contributed by atoms with E-state index in [1.165, 1.54) is 11.6 Å². The number of para-hydroxylation sites is 1. The first-order valence-corrected chi connectivity index (χ1v) is 6.95. The maximum Gasteiger partial charge on any atom is 0.146 e. The van der Waals surface area contributed by atoms with Crippen LogP contribution in [-0.2, 0) is 12.8 Å². The first-order chi connectivity index (χ1) is 9.72. The van der Waals surface area contributed by atoms with E-state index in [1.807, 2.05) is 36.2 Å². The molecule has 0 aliphatic carbocycles. The first-order valence-electron chi connectivity index (χ1n) is 6.95. The van der Waals surface area contributed by atoms with Gasteiger partial charge in [0.05, 0.1) is 5.69 Å². The predicted molar refractivity (Wildman–Crippen MR) is 82.6 cm³/mol. The molecule has 2 rings (SSSR count). The van der Waals surface area contributed by atoms with E-state index in [4.69, 9.17) is 5.73 Å². The second kappa shape index (κ2) is 7.06. The quantitative estimate of drug-likeness (QED) is 0.876. The van der Waals surface area contributed by atoms with Gasteiger partial charge in [-0.25, -0.2) is 4.39 Å². The molecule has 0 unspecified atom stereocenters. The van der Waals surface area contributed by atoms with E-state index in [0.29, 0.717) is 18.7 Å². The fourth-order valence-corrected chi connectivity index (χ4v) is 2.40. The van der Waals surface area contributed by atoms with Crippen molar-refractivity contribution >= 4 is 5.69 Å². The molecule has 0 fully saturated rings. The van der Waals surface area contributed by atoms with Crippen molar-refractivity contribution in [2.45, 2.75) is 12.8 Å². The minimum absolute atomic E-state index is 0.175. The highest BCUT2D eigenvalue weighted by molar-refractivity contribution is 5.54. The number of hydrogen-bond donors (Lipinski definition) is 1. The van der Waals surface area contributed by atoms with Crippen LogP contribution in [0.5, 0.6) is 0 Å². The summed E-state index contributed by atoms with van der Waals surface area (Å²) in [5, 5.41) is 0. The number of hydrogen-bond acceptors (Lipinski definition) is 2. The maximum absolute atomic E-state index is 14.1. The Morgan fingerprint density at radius 2 is 1.75 bits per heavy atom. The molecule has 0 heterocycles. The fraction of sp³-hybridized carbons (Fsp3) is 0.294. The fourth-order valence-electron chi connectivity index (χ4n) is 2.40. The molecule has 0 spiro atoms. The standard InChI is InChI=1S/C17H21FN2/c1-20(13-11-14-6-3-2-4-7-14)17-15(10-12-19)8-5-9-16(17)18/h2-9H,10-13,19H2,1H3. The van der Waals surface area contributed by atoms with Crippen LogP contribution in [0.4, 0.5) is 10.1 Å². The summed E-state index contributed by atoms with van der Waals surface area (Å²) in [6.07, 6.45) is 1.59. The van der Waals surface area contributed by atoms with Gasteiger partial charge in [-0.1, -0.05) is 42.5 Å². The molecule has 20 heavy (non-hydrogen) atoms. The molecule has 0 saturated carbocycles. The van der Waals surface area contributed by atoms with E-state index < -0.39 is 0 Å². The van der Waals surface area contributed by atoms with Crippen molar-refractivity contribution in [1.82, 2.24) is 0 Å². The highest BCUT2D eigenvalue weighted by Gasteiger charge is 2.12. The zero-order valence-corrected chi connectivity index (χ0v) is 11.8. The van der Waals surface area contributed by atoms with Gasteiger partial charge in [0.1, 0.15) is 5.82 Å². The van der Waals surface area contributed by atoms with Crippen molar-refractivity contribution in [2.75, 3.05) is 25.0 Å². The van der Waals surface area contributed by atoms with Gasteiger partial charge in [-0.3, -0.25) is 0 Å². The molecule has 0 atom stereocenters. The van der Waals surface area contributed by atoms with Gasteiger partial charge in [0.25, 0.3) is 0 Å². The van der Waals surface area contributed by atoms with Gasteiger partial charge in [-0.05, 0) is 36.6 Å². The summed E-state index contributed by atoms with van der Waals surface area (Å²) in [5.74, 6) is -0.175. The number of halogens is 1. The van der Waals surface area contributed by atoms with Crippen molar-refractivity contribution in [3.8, 4) is 0 Å². The Morgan fingerprint density at radius 1 is 1.00 bits per heavy atom. The van der Waals surface area contributed by atoms with Crippen LogP contribution in [0, 0.1) is 5.82 Å². The number of benzene rings is 2. The summed E-state index contributed by atoms with van der Waals surface area (Å²) in [5.41, 5.74) is 8.51. The van der Waals surface area contributed by atoms with E-state index >= 15 is 0 Å². The topological polar surface area (TPSA) is 29.3 Å². The second-order valence-corrected chi connectivity index (χ2v) is 4.94. The number of rotatable bonds is 6. The van der Waals surface area contributed by atoms with Crippen LogP contribution < -0.4 is 10.6 Å². The van der Waals surface area contributed by atoms with Crippen LogP contribution in [-0.4, -0.2) is 20.1 Å². The van der Waals surface area contributed by atoms with Crippen molar-refractivity contribution in [1.29, 1.82) is 0 Å².